The van der Waals surface area contributed by atoms with E-state index in [-0.39, 0.29) is 12.5 Å². The molecule has 0 spiro atoms. The number of anilines is 1. The van der Waals surface area contributed by atoms with Gasteiger partial charge in [0.15, 0.2) is 0 Å². The Bertz CT molecular complexity index is 812. The van der Waals surface area contributed by atoms with E-state index in [9.17, 15) is 4.79 Å². The van der Waals surface area contributed by atoms with Gasteiger partial charge < -0.3 is 10.2 Å². The molecule has 1 N–H and O–H groups in total. The van der Waals surface area contributed by atoms with Gasteiger partial charge in [-0.25, -0.2) is 4.98 Å². The van der Waals surface area contributed by atoms with E-state index in [1.165, 1.54) is 25.7 Å². The lowest BCUT2D eigenvalue weighted by atomic mass is 9.72. The summed E-state index contributed by atoms with van der Waals surface area (Å²) in [6.07, 6.45) is 14.0. The van der Waals surface area contributed by atoms with Crippen molar-refractivity contribution in [2.75, 3.05) is 31.1 Å². The molecule has 5 heterocycles. The molecule has 2 bridgehead atoms. The Morgan fingerprint density at radius 3 is 2.93 bits per heavy atom. The van der Waals surface area contributed by atoms with Gasteiger partial charge >= 0.3 is 0 Å². The van der Waals surface area contributed by atoms with Crippen LogP contribution in [0.25, 0.3) is 0 Å². The molecule has 8 nitrogen and oxygen atoms in total. The van der Waals surface area contributed by atoms with Crippen LogP contribution < -0.4 is 10.2 Å². The largest absolute Gasteiger partial charge is 0.355 e. The molecule has 0 radical (unpaired) electrons. The number of piperidine rings is 3. The first-order valence-electron chi connectivity index (χ1n) is 10.8. The highest BCUT2D eigenvalue weighted by atomic mass is 16.2. The second kappa shape index (κ2) is 8.10. The third kappa shape index (κ3) is 3.85. The van der Waals surface area contributed by atoms with Crippen LogP contribution in [-0.4, -0.2) is 68.8 Å². The number of nitrogens with zero attached hydrogens (tertiary/aromatic N) is 6. The van der Waals surface area contributed by atoms with Crippen molar-refractivity contribution in [2.24, 2.45) is 11.8 Å². The van der Waals surface area contributed by atoms with Crippen molar-refractivity contribution in [3.8, 4) is 0 Å². The summed E-state index contributed by atoms with van der Waals surface area (Å²) in [5.74, 6) is 2.22. The van der Waals surface area contributed by atoms with Gasteiger partial charge in [0, 0.05) is 56.5 Å². The molecular weight excluding hydrogens is 366 g/mol. The second-order valence-electron chi connectivity index (χ2n) is 8.60. The molecule has 0 aliphatic carbocycles. The van der Waals surface area contributed by atoms with E-state index in [1.807, 2.05) is 18.5 Å². The van der Waals surface area contributed by atoms with Gasteiger partial charge in [-0.05, 0) is 43.7 Å². The van der Waals surface area contributed by atoms with Crippen LogP contribution in [0.1, 0.15) is 25.7 Å². The van der Waals surface area contributed by atoms with Crippen LogP contribution in [0.3, 0.4) is 0 Å². The van der Waals surface area contributed by atoms with Gasteiger partial charge in [0.25, 0.3) is 0 Å². The monoisotopic (exact) mass is 395 g/mol. The number of hydrogen-bond acceptors (Lipinski definition) is 6. The van der Waals surface area contributed by atoms with Crippen molar-refractivity contribution >= 4 is 11.7 Å². The molecule has 3 aliphatic heterocycles. The summed E-state index contributed by atoms with van der Waals surface area (Å²) < 4.78 is 1.67. The molecule has 1 amide bonds. The quantitative estimate of drug-likeness (QED) is 0.819. The molecule has 5 rings (SSSR count). The van der Waals surface area contributed by atoms with Crippen LogP contribution in [0.4, 0.5) is 5.82 Å². The van der Waals surface area contributed by atoms with Gasteiger partial charge in [-0.1, -0.05) is 6.42 Å². The van der Waals surface area contributed by atoms with E-state index in [0.29, 0.717) is 30.5 Å². The molecule has 3 saturated heterocycles. The highest BCUT2D eigenvalue weighted by Gasteiger charge is 2.47. The number of carbonyl (C=O) groups excluding carboxylic acids is 1. The summed E-state index contributed by atoms with van der Waals surface area (Å²) in [7, 11) is 0. The number of nitrogens with one attached hydrogen (secondary N) is 1. The lowest BCUT2D eigenvalue weighted by Gasteiger charge is -2.57. The van der Waals surface area contributed by atoms with E-state index in [4.69, 9.17) is 0 Å². The molecule has 154 valence electrons. The molecule has 2 aromatic rings. The Morgan fingerprint density at radius 1 is 1.17 bits per heavy atom. The average molecular weight is 396 g/mol. The predicted octanol–water partition coefficient (Wildman–Crippen LogP) is 1.17. The minimum absolute atomic E-state index is 0.0333. The average Bonchev–Trinajstić information content (AvgIpc) is 3.27. The van der Waals surface area contributed by atoms with Gasteiger partial charge in [-0.2, -0.15) is 5.10 Å². The van der Waals surface area contributed by atoms with Crippen molar-refractivity contribution in [2.45, 2.75) is 44.3 Å². The Hall–Kier alpha value is -2.48. The van der Waals surface area contributed by atoms with Gasteiger partial charge in [0.2, 0.25) is 5.91 Å². The fourth-order valence-electron chi connectivity index (χ4n) is 5.65. The van der Waals surface area contributed by atoms with Crippen molar-refractivity contribution in [1.29, 1.82) is 0 Å². The van der Waals surface area contributed by atoms with Crippen LogP contribution in [0.15, 0.2) is 37.1 Å². The zero-order chi connectivity index (χ0) is 19.6. The third-order valence-electron chi connectivity index (χ3n) is 6.87. The van der Waals surface area contributed by atoms with E-state index in [1.54, 1.807) is 23.3 Å². The number of hydrogen-bond donors (Lipinski definition) is 1. The smallest absolute Gasteiger partial charge is 0.241 e. The summed E-state index contributed by atoms with van der Waals surface area (Å²) in [6.45, 7) is 4.19. The van der Waals surface area contributed by atoms with Gasteiger partial charge in [0.05, 0.1) is 6.20 Å². The van der Waals surface area contributed by atoms with Crippen molar-refractivity contribution in [1.82, 2.24) is 30.0 Å². The molecule has 3 aliphatic rings. The first kappa shape index (κ1) is 18.5. The highest BCUT2D eigenvalue weighted by molar-refractivity contribution is 5.75. The summed E-state index contributed by atoms with van der Waals surface area (Å²) >= 11 is 0. The first-order valence-corrected chi connectivity index (χ1v) is 10.8. The van der Waals surface area contributed by atoms with Crippen molar-refractivity contribution < 1.29 is 4.79 Å². The number of fused-ring (bicyclic) bond motifs is 4. The predicted molar refractivity (Wildman–Crippen MR) is 109 cm³/mol. The molecule has 3 fully saturated rings. The first-order chi connectivity index (χ1) is 14.3. The normalized spacial score (nSPS) is 29.3. The van der Waals surface area contributed by atoms with Gasteiger partial charge in [-0.3, -0.25) is 19.4 Å². The number of aromatic nitrogens is 4. The fourth-order valence-corrected chi connectivity index (χ4v) is 5.65. The van der Waals surface area contributed by atoms with E-state index < -0.39 is 0 Å². The maximum absolute atomic E-state index is 12.5. The SMILES string of the molecule is O=C(Cn1cccn1)NC[C@H]1[C@H]2C[C@H](CN(c3cnccn3)C2)[C@@H]2CCCCN21. The molecule has 0 saturated carbocycles. The fraction of sp³-hybridized carbons (Fsp3) is 0.619. The second-order valence-corrected chi connectivity index (χ2v) is 8.60. The van der Waals surface area contributed by atoms with E-state index >= 15 is 0 Å². The molecular formula is C21H29N7O. The van der Waals surface area contributed by atoms with Gasteiger partial charge in [0.1, 0.15) is 12.4 Å². The molecule has 0 aromatic carbocycles. The zero-order valence-corrected chi connectivity index (χ0v) is 16.7. The summed E-state index contributed by atoms with van der Waals surface area (Å²) in [6, 6.07) is 2.85. The number of amides is 1. The minimum Gasteiger partial charge on any atom is -0.355 e. The molecule has 0 unspecified atom stereocenters. The van der Waals surface area contributed by atoms with Crippen molar-refractivity contribution in [3.63, 3.8) is 0 Å². The highest BCUT2D eigenvalue weighted by Crippen LogP contribution is 2.41. The molecule has 29 heavy (non-hydrogen) atoms. The third-order valence-corrected chi connectivity index (χ3v) is 6.87. The lowest BCUT2D eigenvalue weighted by molar-refractivity contribution is -0.122. The Kier molecular flexibility index (Phi) is 5.18. The molecule has 8 heteroatoms. The van der Waals surface area contributed by atoms with Crippen LogP contribution in [0.2, 0.25) is 0 Å². The topological polar surface area (TPSA) is 79.2 Å². The van der Waals surface area contributed by atoms with Gasteiger partial charge in [-0.15, -0.1) is 0 Å². The van der Waals surface area contributed by atoms with E-state index in [2.05, 4.69) is 30.2 Å². The molecule has 2 aromatic heterocycles. The van der Waals surface area contributed by atoms with Crippen LogP contribution in [-0.2, 0) is 11.3 Å². The maximum atomic E-state index is 12.5. The molecule has 4 atom stereocenters. The van der Waals surface area contributed by atoms with Crippen LogP contribution >= 0.6 is 0 Å². The van der Waals surface area contributed by atoms with Crippen LogP contribution in [0.5, 0.6) is 0 Å². The summed E-state index contributed by atoms with van der Waals surface area (Å²) in [5.41, 5.74) is 0. The number of carbonyl (C=O) groups is 1. The van der Waals surface area contributed by atoms with Crippen molar-refractivity contribution in [3.05, 3.63) is 37.1 Å². The minimum atomic E-state index is 0.0333. The Labute approximate surface area is 171 Å². The lowest BCUT2D eigenvalue weighted by Crippen LogP contribution is -2.66. The number of rotatable bonds is 5. The standard InChI is InChI=1S/C21H29N7O/c29-21(15-27-8-3-5-25-27)24-11-19-17-10-16(18-4-1-2-9-28(18)19)13-26(14-17)20-12-22-6-7-23-20/h3,5-8,12,16-19H,1-2,4,9-11,13-15H2,(H,24,29)/t16-,17+,18+,19+/m1/s1. The van der Waals surface area contributed by atoms with E-state index in [0.717, 1.165) is 25.5 Å². The summed E-state index contributed by atoms with van der Waals surface area (Å²) in [5, 5.41) is 7.33. The van der Waals surface area contributed by atoms with Crippen LogP contribution in [0, 0.1) is 11.8 Å². The zero-order valence-electron chi connectivity index (χ0n) is 16.7. The summed E-state index contributed by atoms with van der Waals surface area (Å²) in [4.78, 5) is 26.4. The Morgan fingerprint density at radius 2 is 2.10 bits per heavy atom. The Balaban J connectivity index is 1.30. The maximum Gasteiger partial charge on any atom is 0.241 e.